The molecule has 50 valence electrons. The van der Waals surface area contributed by atoms with Gasteiger partial charge in [-0.3, -0.25) is 0 Å². The largest absolute Gasteiger partial charge is 0.325 e. The summed E-state index contributed by atoms with van der Waals surface area (Å²) in [4.78, 5) is 0. The molecule has 0 atom stereocenters. The van der Waals surface area contributed by atoms with Gasteiger partial charge in [-0.15, -0.1) is 4.68 Å². The first kappa shape index (κ1) is 6.29. The first-order chi connectivity index (χ1) is 4.33. The second kappa shape index (κ2) is 2.64. The van der Waals surface area contributed by atoms with Crippen LogP contribution in [0.5, 0.6) is 0 Å². The Balaban J connectivity index is 2.61. The molecule has 3 nitrogen and oxygen atoms in total. The number of aryl methyl sites for hydroxylation is 1. The van der Waals surface area contributed by atoms with E-state index in [4.69, 9.17) is 5.73 Å². The maximum atomic E-state index is 5.33. The third-order valence-corrected chi connectivity index (χ3v) is 1.19. The van der Waals surface area contributed by atoms with Crippen molar-refractivity contribution in [1.29, 1.82) is 0 Å². The molecule has 0 fully saturated rings. The first-order valence-corrected chi connectivity index (χ1v) is 3.07. The fourth-order valence-corrected chi connectivity index (χ4v) is 0.773. The molecule has 3 N–H and O–H groups in total. The second-order valence-electron chi connectivity index (χ2n) is 2.13. The molecule has 0 radical (unpaired) electrons. The van der Waals surface area contributed by atoms with Gasteiger partial charge < -0.3 is 5.73 Å². The normalized spacial score (nSPS) is 10.0. The van der Waals surface area contributed by atoms with Gasteiger partial charge in [0.05, 0.1) is 12.7 Å². The predicted octanol–water partition coefficient (Wildman–Crippen LogP) is -0.431. The number of hydrogen-bond acceptors (Lipinski definition) is 1. The van der Waals surface area contributed by atoms with Crippen molar-refractivity contribution in [1.82, 2.24) is 5.10 Å². The number of nitrogens with zero attached hydrogens (tertiary/aromatic N) is 1. The Labute approximate surface area is 54.5 Å². The van der Waals surface area contributed by atoms with Crippen molar-refractivity contribution in [3.05, 3.63) is 18.0 Å². The second-order valence-corrected chi connectivity index (χ2v) is 2.13. The molecule has 1 aromatic rings. The quantitative estimate of drug-likeness (QED) is 0.519. The van der Waals surface area contributed by atoms with Gasteiger partial charge in [0.1, 0.15) is 0 Å². The molecule has 0 saturated heterocycles. The van der Waals surface area contributed by atoms with E-state index in [1.54, 1.807) is 0 Å². The maximum Gasteiger partial charge on any atom is 0.198 e. The molecule has 0 saturated carbocycles. The van der Waals surface area contributed by atoms with E-state index in [1.165, 1.54) is 5.56 Å². The van der Waals surface area contributed by atoms with Gasteiger partial charge >= 0.3 is 0 Å². The highest BCUT2D eigenvalue weighted by Gasteiger charge is 1.98. The summed E-state index contributed by atoms with van der Waals surface area (Å²) < 4.78 is 1.97. The van der Waals surface area contributed by atoms with Gasteiger partial charge in [-0.25, -0.2) is 0 Å². The van der Waals surface area contributed by atoms with Crippen molar-refractivity contribution in [3.8, 4) is 0 Å². The molecule has 0 aliphatic rings. The Bertz CT molecular complexity index is 180. The third kappa shape index (κ3) is 1.54. The molecule has 0 aromatic carbocycles. The van der Waals surface area contributed by atoms with E-state index >= 15 is 0 Å². The molecular weight excluding hydrogens is 114 g/mol. The minimum Gasteiger partial charge on any atom is -0.325 e. The summed E-state index contributed by atoms with van der Waals surface area (Å²) in [5.74, 6) is 0. The molecule has 0 aliphatic carbocycles. The van der Waals surface area contributed by atoms with Gasteiger partial charge in [-0.1, -0.05) is 0 Å². The highest BCUT2D eigenvalue weighted by atomic mass is 15.3. The molecule has 0 unspecified atom stereocenters. The molecule has 0 spiro atoms. The van der Waals surface area contributed by atoms with Crippen LogP contribution >= 0.6 is 0 Å². The smallest absolute Gasteiger partial charge is 0.198 e. The Kier molecular flexibility index (Phi) is 1.85. The predicted molar refractivity (Wildman–Crippen MR) is 34.8 cm³/mol. The van der Waals surface area contributed by atoms with E-state index < -0.39 is 0 Å². The lowest BCUT2D eigenvalue weighted by Gasteiger charge is -1.82. The van der Waals surface area contributed by atoms with Crippen LogP contribution in [0, 0.1) is 6.92 Å². The minimum atomic E-state index is 0.685. The summed E-state index contributed by atoms with van der Waals surface area (Å²) >= 11 is 0. The molecular formula is C6H12N3+. The van der Waals surface area contributed by atoms with Gasteiger partial charge in [0.25, 0.3) is 0 Å². The third-order valence-electron chi connectivity index (χ3n) is 1.19. The van der Waals surface area contributed by atoms with Crippen molar-refractivity contribution < 1.29 is 4.68 Å². The van der Waals surface area contributed by atoms with Crippen LogP contribution in [0.1, 0.15) is 5.56 Å². The highest BCUT2D eigenvalue weighted by molar-refractivity contribution is 4.93. The van der Waals surface area contributed by atoms with Crippen LogP contribution in [-0.2, 0) is 6.54 Å². The monoisotopic (exact) mass is 126 g/mol. The first-order valence-electron chi connectivity index (χ1n) is 3.07. The van der Waals surface area contributed by atoms with E-state index in [1.807, 2.05) is 24.0 Å². The Hall–Kier alpha value is -0.830. The van der Waals surface area contributed by atoms with Gasteiger partial charge in [-0.05, 0) is 6.92 Å². The van der Waals surface area contributed by atoms with Gasteiger partial charge in [0.15, 0.2) is 12.7 Å². The minimum absolute atomic E-state index is 0.685. The average Bonchev–Trinajstić information content (AvgIpc) is 2.17. The molecule has 3 heteroatoms. The van der Waals surface area contributed by atoms with Crippen LogP contribution in [0.3, 0.4) is 0 Å². The number of H-pyrrole nitrogens is 1. The van der Waals surface area contributed by atoms with Crippen molar-refractivity contribution in [2.45, 2.75) is 13.5 Å². The van der Waals surface area contributed by atoms with Crippen LogP contribution in [0.2, 0.25) is 0 Å². The molecule has 9 heavy (non-hydrogen) atoms. The Morgan fingerprint density at radius 2 is 2.56 bits per heavy atom. The molecule has 1 rings (SSSR count). The van der Waals surface area contributed by atoms with Crippen LogP contribution in [0.25, 0.3) is 0 Å². The molecule has 1 heterocycles. The number of nitrogens with one attached hydrogen (secondary N) is 1. The van der Waals surface area contributed by atoms with Gasteiger partial charge in [0, 0.05) is 5.56 Å². The molecule has 0 aliphatic heterocycles. The number of hydrogen-bond donors (Lipinski definition) is 2. The summed E-state index contributed by atoms with van der Waals surface area (Å²) in [5.41, 5.74) is 6.57. The zero-order valence-corrected chi connectivity index (χ0v) is 5.59. The zero-order chi connectivity index (χ0) is 6.69. The fourth-order valence-electron chi connectivity index (χ4n) is 0.773. The Morgan fingerprint density at radius 3 is 3.00 bits per heavy atom. The summed E-state index contributed by atoms with van der Waals surface area (Å²) in [5, 5.41) is 3.04. The Morgan fingerprint density at radius 1 is 1.78 bits per heavy atom. The topological polar surface area (TPSA) is 45.7 Å². The van der Waals surface area contributed by atoms with E-state index in [9.17, 15) is 0 Å². The van der Waals surface area contributed by atoms with Crippen LogP contribution in [0.4, 0.5) is 0 Å². The van der Waals surface area contributed by atoms with Gasteiger partial charge in [-0.2, -0.15) is 5.10 Å². The highest BCUT2D eigenvalue weighted by Crippen LogP contribution is 1.84. The summed E-state index contributed by atoms with van der Waals surface area (Å²) in [7, 11) is 0. The van der Waals surface area contributed by atoms with Crippen LogP contribution < -0.4 is 10.4 Å². The van der Waals surface area contributed by atoms with Crippen molar-refractivity contribution in [2.75, 3.05) is 6.54 Å². The number of aromatic nitrogens is 2. The lowest BCUT2D eigenvalue weighted by molar-refractivity contribution is -0.747. The lowest BCUT2D eigenvalue weighted by Crippen LogP contribution is -2.38. The maximum absolute atomic E-state index is 5.33. The molecule has 0 bridgehead atoms. The summed E-state index contributed by atoms with van der Waals surface area (Å²) in [6.07, 6.45) is 3.99. The van der Waals surface area contributed by atoms with E-state index in [0.717, 1.165) is 6.54 Å². The van der Waals surface area contributed by atoms with Crippen molar-refractivity contribution in [2.24, 2.45) is 5.73 Å². The van der Waals surface area contributed by atoms with Crippen LogP contribution in [-0.4, -0.2) is 11.6 Å². The average molecular weight is 126 g/mol. The number of aromatic amines is 1. The fraction of sp³-hybridized carbons (Fsp3) is 0.500. The standard InChI is InChI=1S/C6H11N3/c1-6-4-8-9(5-6)3-2-7/h4-5H,2-3,7H2,1H3/p+1. The zero-order valence-electron chi connectivity index (χ0n) is 5.59. The van der Waals surface area contributed by atoms with E-state index in [2.05, 4.69) is 5.10 Å². The molecule has 0 amide bonds. The molecule has 1 aromatic heterocycles. The van der Waals surface area contributed by atoms with Crippen molar-refractivity contribution in [3.63, 3.8) is 0 Å². The van der Waals surface area contributed by atoms with Crippen LogP contribution in [0.15, 0.2) is 12.4 Å². The SMILES string of the molecule is Cc1c[nH][n+](CCN)c1. The van der Waals surface area contributed by atoms with Gasteiger partial charge in [0.2, 0.25) is 0 Å². The van der Waals surface area contributed by atoms with Crippen molar-refractivity contribution >= 4 is 0 Å². The lowest BCUT2D eigenvalue weighted by atomic mass is 10.4. The summed E-state index contributed by atoms with van der Waals surface area (Å²) in [6.45, 7) is 3.60. The number of rotatable bonds is 2. The van der Waals surface area contributed by atoms with E-state index in [-0.39, 0.29) is 0 Å². The number of nitrogens with two attached hydrogens (primary N) is 1. The summed E-state index contributed by atoms with van der Waals surface area (Å²) in [6, 6.07) is 0. The van der Waals surface area contributed by atoms with E-state index in [0.29, 0.717) is 6.54 Å².